The Labute approximate surface area is 176 Å². The third kappa shape index (κ3) is 4.11. The van der Waals surface area contributed by atoms with Crippen LogP contribution < -0.4 is 16.2 Å². The molecule has 1 saturated carbocycles. The van der Waals surface area contributed by atoms with Gasteiger partial charge in [-0.15, -0.1) is 0 Å². The maximum Gasteiger partial charge on any atom is 0.313 e. The van der Waals surface area contributed by atoms with Crippen LogP contribution in [0.4, 0.5) is 5.69 Å². The Balaban J connectivity index is 1.50. The largest absolute Gasteiger partial charge is 0.345 e. The Bertz CT molecular complexity index is 1030. The number of nitrogens with one attached hydrogen (secondary N) is 2. The quantitative estimate of drug-likeness (QED) is 0.745. The second-order valence-electron chi connectivity index (χ2n) is 8.83. The van der Waals surface area contributed by atoms with Gasteiger partial charge in [0.25, 0.3) is 5.56 Å². The van der Waals surface area contributed by atoms with E-state index in [2.05, 4.69) is 29.5 Å². The van der Waals surface area contributed by atoms with Gasteiger partial charge in [-0.25, -0.2) is 4.98 Å². The van der Waals surface area contributed by atoms with E-state index in [4.69, 9.17) is 0 Å². The molecular weight excluding hydrogens is 380 g/mol. The molecular formula is C23H30N4O3. The van der Waals surface area contributed by atoms with E-state index in [0.29, 0.717) is 35.0 Å². The molecule has 4 rings (SSSR count). The molecule has 7 nitrogen and oxygen atoms in total. The zero-order chi connectivity index (χ0) is 21.3. The summed E-state index contributed by atoms with van der Waals surface area (Å²) in [7, 11) is 0. The SMILES string of the molecule is C[C@@H]1[C@H](C)CCC[C@H]1NC(=O)C(=O)Nc1ccc2nc3n(c(=O)c2c1)CCCCC3. The molecule has 2 aromatic rings. The van der Waals surface area contributed by atoms with Gasteiger partial charge in [0.1, 0.15) is 5.82 Å². The van der Waals surface area contributed by atoms with Gasteiger partial charge in [0.15, 0.2) is 0 Å². The third-order valence-electron chi connectivity index (χ3n) is 6.80. The van der Waals surface area contributed by atoms with Crippen molar-refractivity contribution < 1.29 is 9.59 Å². The monoisotopic (exact) mass is 410 g/mol. The first-order valence-corrected chi connectivity index (χ1v) is 11.1. The fraction of sp³-hybridized carbons (Fsp3) is 0.565. The van der Waals surface area contributed by atoms with Crippen LogP contribution in [0.5, 0.6) is 0 Å². The highest BCUT2D eigenvalue weighted by atomic mass is 16.2. The third-order valence-corrected chi connectivity index (χ3v) is 6.80. The van der Waals surface area contributed by atoms with Gasteiger partial charge in [-0.1, -0.05) is 33.1 Å². The molecule has 0 unspecified atom stereocenters. The first-order chi connectivity index (χ1) is 14.4. The Kier molecular flexibility index (Phi) is 5.88. The number of anilines is 1. The number of hydrogen-bond acceptors (Lipinski definition) is 4. The van der Waals surface area contributed by atoms with E-state index in [0.717, 1.165) is 50.8 Å². The fourth-order valence-electron chi connectivity index (χ4n) is 4.70. The van der Waals surface area contributed by atoms with Gasteiger partial charge < -0.3 is 10.6 Å². The summed E-state index contributed by atoms with van der Waals surface area (Å²) in [5.74, 6) is 0.373. The van der Waals surface area contributed by atoms with Crippen molar-refractivity contribution in [1.29, 1.82) is 0 Å². The zero-order valence-corrected chi connectivity index (χ0v) is 17.7. The molecule has 0 bridgehead atoms. The lowest BCUT2D eigenvalue weighted by atomic mass is 9.78. The molecule has 0 saturated heterocycles. The molecule has 1 aromatic heterocycles. The van der Waals surface area contributed by atoms with Crippen LogP contribution in [0, 0.1) is 11.8 Å². The van der Waals surface area contributed by atoms with Crippen molar-refractivity contribution in [3.8, 4) is 0 Å². The molecule has 1 aromatic carbocycles. The number of carbonyl (C=O) groups excluding carboxylic acids is 2. The topological polar surface area (TPSA) is 93.1 Å². The Morgan fingerprint density at radius 2 is 1.90 bits per heavy atom. The Morgan fingerprint density at radius 3 is 2.73 bits per heavy atom. The predicted molar refractivity (Wildman–Crippen MR) is 116 cm³/mol. The van der Waals surface area contributed by atoms with E-state index < -0.39 is 11.8 Å². The molecule has 0 spiro atoms. The summed E-state index contributed by atoms with van der Waals surface area (Å²) in [6.45, 7) is 4.98. The summed E-state index contributed by atoms with van der Waals surface area (Å²) in [4.78, 5) is 42.5. The summed E-state index contributed by atoms with van der Waals surface area (Å²) in [5.41, 5.74) is 0.976. The van der Waals surface area contributed by atoms with Crippen LogP contribution in [0.3, 0.4) is 0 Å². The summed E-state index contributed by atoms with van der Waals surface area (Å²) < 4.78 is 1.75. The smallest absolute Gasteiger partial charge is 0.313 e. The number of fused-ring (bicyclic) bond motifs is 2. The number of hydrogen-bond donors (Lipinski definition) is 2. The highest BCUT2D eigenvalue weighted by molar-refractivity contribution is 6.39. The molecule has 1 aliphatic carbocycles. The molecule has 2 amide bonds. The second-order valence-corrected chi connectivity index (χ2v) is 8.83. The molecule has 2 N–H and O–H groups in total. The number of aryl methyl sites for hydroxylation is 1. The van der Waals surface area contributed by atoms with Gasteiger partial charge in [0.2, 0.25) is 0 Å². The van der Waals surface area contributed by atoms with Crippen LogP contribution >= 0.6 is 0 Å². The van der Waals surface area contributed by atoms with Gasteiger partial charge in [0.05, 0.1) is 10.9 Å². The highest BCUT2D eigenvalue weighted by Gasteiger charge is 2.29. The number of benzene rings is 1. The van der Waals surface area contributed by atoms with Gasteiger partial charge in [-0.2, -0.15) is 0 Å². The molecule has 2 heterocycles. The molecule has 1 aliphatic heterocycles. The van der Waals surface area contributed by atoms with Gasteiger partial charge in [-0.05, 0) is 49.3 Å². The first kappa shape index (κ1) is 20.6. The van der Waals surface area contributed by atoms with Crippen molar-refractivity contribution in [2.45, 2.75) is 71.4 Å². The maximum atomic E-state index is 13.0. The lowest BCUT2D eigenvalue weighted by Gasteiger charge is -2.34. The van der Waals surface area contributed by atoms with E-state index in [9.17, 15) is 14.4 Å². The van der Waals surface area contributed by atoms with Crippen molar-refractivity contribution in [1.82, 2.24) is 14.9 Å². The number of nitrogens with zero attached hydrogens (tertiary/aromatic N) is 2. The normalized spacial score (nSPS) is 24.0. The number of aromatic nitrogens is 2. The van der Waals surface area contributed by atoms with Crippen LogP contribution in [-0.2, 0) is 22.6 Å². The summed E-state index contributed by atoms with van der Waals surface area (Å²) >= 11 is 0. The van der Waals surface area contributed by atoms with Crippen LogP contribution in [0.15, 0.2) is 23.0 Å². The molecule has 1 fully saturated rings. The molecule has 0 radical (unpaired) electrons. The first-order valence-electron chi connectivity index (χ1n) is 11.1. The molecule has 30 heavy (non-hydrogen) atoms. The molecule has 7 heteroatoms. The number of amides is 2. The average Bonchev–Trinajstić information content (AvgIpc) is 2.97. The van der Waals surface area contributed by atoms with E-state index in [1.165, 1.54) is 0 Å². The van der Waals surface area contributed by atoms with Gasteiger partial charge in [-0.3, -0.25) is 19.0 Å². The van der Waals surface area contributed by atoms with E-state index in [-0.39, 0.29) is 11.6 Å². The van der Waals surface area contributed by atoms with E-state index in [1.807, 2.05) is 0 Å². The highest BCUT2D eigenvalue weighted by Crippen LogP contribution is 2.29. The van der Waals surface area contributed by atoms with Crippen LogP contribution in [0.1, 0.15) is 58.2 Å². The standard InChI is InChI=1S/C23H30N4O3/c1-14-7-6-8-18(15(14)2)26-22(29)21(28)24-16-10-11-19-17(13-16)23(30)27-12-5-3-4-9-20(27)25-19/h10-11,13-15,18H,3-9,12H2,1-2H3,(H,24,28)(H,26,29)/t14-,15-,18-/m1/s1. The summed E-state index contributed by atoms with van der Waals surface area (Å²) in [6.07, 6.45) is 7.02. The maximum absolute atomic E-state index is 13.0. The van der Waals surface area contributed by atoms with Crippen molar-refractivity contribution in [2.75, 3.05) is 5.32 Å². The van der Waals surface area contributed by atoms with Crippen molar-refractivity contribution in [2.24, 2.45) is 11.8 Å². The minimum Gasteiger partial charge on any atom is -0.345 e. The second kappa shape index (κ2) is 8.58. The number of rotatable bonds is 2. The Hall–Kier alpha value is -2.70. The van der Waals surface area contributed by atoms with Crippen molar-refractivity contribution in [3.05, 3.63) is 34.4 Å². The average molecular weight is 411 g/mol. The van der Waals surface area contributed by atoms with E-state index >= 15 is 0 Å². The zero-order valence-electron chi connectivity index (χ0n) is 17.7. The van der Waals surface area contributed by atoms with Crippen LogP contribution in [-0.4, -0.2) is 27.4 Å². The van der Waals surface area contributed by atoms with Crippen LogP contribution in [0.25, 0.3) is 10.9 Å². The van der Waals surface area contributed by atoms with Crippen LogP contribution in [0.2, 0.25) is 0 Å². The molecule has 2 aliphatic rings. The molecule has 3 atom stereocenters. The van der Waals surface area contributed by atoms with Gasteiger partial charge in [0, 0.05) is 24.7 Å². The van der Waals surface area contributed by atoms with Gasteiger partial charge >= 0.3 is 11.8 Å². The number of carbonyl (C=O) groups is 2. The summed E-state index contributed by atoms with van der Waals surface area (Å²) in [5, 5.41) is 5.99. The lowest BCUT2D eigenvalue weighted by Crippen LogP contribution is -2.47. The minimum atomic E-state index is -0.706. The fourth-order valence-corrected chi connectivity index (χ4v) is 4.70. The predicted octanol–water partition coefficient (Wildman–Crippen LogP) is 3.00. The van der Waals surface area contributed by atoms with Crippen molar-refractivity contribution >= 4 is 28.4 Å². The molecule has 160 valence electrons. The Morgan fingerprint density at radius 1 is 1.07 bits per heavy atom. The van der Waals surface area contributed by atoms with Crippen molar-refractivity contribution in [3.63, 3.8) is 0 Å². The van der Waals surface area contributed by atoms with E-state index in [1.54, 1.807) is 22.8 Å². The minimum absolute atomic E-state index is 0.0212. The lowest BCUT2D eigenvalue weighted by molar-refractivity contribution is -0.137. The summed E-state index contributed by atoms with van der Waals surface area (Å²) in [6, 6.07) is 5.08.